The molecular weight excluding hydrogens is 532 g/mol. The maximum absolute atomic E-state index is 2.50. The molecule has 0 atom stereocenters. The molecule has 0 radical (unpaired) electrons. The zero-order valence-corrected chi connectivity index (χ0v) is 24.1. The lowest BCUT2D eigenvalue weighted by atomic mass is 10.0. The number of para-hydroxylation sites is 1. The molecule has 0 amide bonds. The van der Waals surface area contributed by atoms with Crippen molar-refractivity contribution in [2.75, 3.05) is 0 Å². The largest absolute Gasteiger partial charge is 0.307 e. The van der Waals surface area contributed by atoms with Crippen LogP contribution in [0.2, 0.25) is 0 Å². The van der Waals surface area contributed by atoms with Gasteiger partial charge in [0.15, 0.2) is 0 Å². The Morgan fingerprint density at radius 2 is 0.841 bits per heavy atom. The third-order valence-electron chi connectivity index (χ3n) is 8.90. The minimum absolute atomic E-state index is 1.15. The van der Waals surface area contributed by atoms with Crippen LogP contribution in [0.15, 0.2) is 170 Å². The van der Waals surface area contributed by atoms with Crippen LogP contribution in [0.4, 0.5) is 0 Å². The monoisotopic (exact) mass is 560 g/mol. The molecule has 7 aromatic carbocycles. The molecule has 0 bridgehead atoms. The second kappa shape index (κ2) is 9.86. The van der Waals surface area contributed by atoms with E-state index in [-0.39, 0.29) is 0 Å². The fourth-order valence-corrected chi connectivity index (χ4v) is 6.90. The summed E-state index contributed by atoms with van der Waals surface area (Å²) in [5.74, 6) is 0. The lowest BCUT2D eigenvalue weighted by molar-refractivity contribution is 1.18. The second-order valence-electron chi connectivity index (χ2n) is 11.4. The van der Waals surface area contributed by atoms with Crippen LogP contribution < -0.4 is 0 Å². The summed E-state index contributed by atoms with van der Waals surface area (Å²) in [5, 5.41) is 4.97. The maximum Gasteiger partial charge on any atom is 0.0804 e. The van der Waals surface area contributed by atoms with E-state index in [1.807, 2.05) is 0 Å². The number of benzene rings is 7. The van der Waals surface area contributed by atoms with Gasteiger partial charge >= 0.3 is 0 Å². The van der Waals surface area contributed by atoms with Crippen molar-refractivity contribution in [3.63, 3.8) is 0 Å². The summed E-state index contributed by atoms with van der Waals surface area (Å²) < 4.78 is 4.95. The van der Waals surface area contributed by atoms with Gasteiger partial charge in [-0.1, -0.05) is 133 Å². The molecule has 206 valence electrons. The highest BCUT2D eigenvalue weighted by Crippen LogP contribution is 2.44. The van der Waals surface area contributed by atoms with Gasteiger partial charge < -0.3 is 9.13 Å². The fourth-order valence-electron chi connectivity index (χ4n) is 6.90. The molecule has 9 rings (SSSR count). The standard InChI is InChI=1S/C42H28N2/c1-4-12-29(13-5-1)31-20-24-35(25-21-31)44-40-36-19-11-10-16-32(36)22-26-37(40)41-42(44)38-28-33(30-14-6-2-7-15-30)23-27-39(38)43(41)34-17-8-3-9-18-34/h1-28H. The molecule has 0 saturated carbocycles. The number of fused-ring (bicyclic) bond motifs is 7. The Labute approximate surface area is 255 Å². The Bertz CT molecular complexity index is 2450. The Balaban J connectivity index is 1.45. The lowest BCUT2D eigenvalue weighted by Gasteiger charge is -2.12. The van der Waals surface area contributed by atoms with Gasteiger partial charge in [-0.15, -0.1) is 0 Å². The third-order valence-corrected chi connectivity index (χ3v) is 8.90. The second-order valence-corrected chi connectivity index (χ2v) is 11.4. The molecule has 0 aliphatic rings. The minimum Gasteiger partial charge on any atom is -0.307 e. The Morgan fingerprint density at radius 3 is 1.57 bits per heavy atom. The van der Waals surface area contributed by atoms with Crippen molar-refractivity contribution in [3.05, 3.63) is 170 Å². The smallest absolute Gasteiger partial charge is 0.0804 e. The lowest BCUT2D eigenvalue weighted by Crippen LogP contribution is -1.95. The summed E-state index contributed by atoms with van der Waals surface area (Å²) in [7, 11) is 0. The molecule has 0 fully saturated rings. The summed E-state index contributed by atoms with van der Waals surface area (Å²) in [4.78, 5) is 0. The van der Waals surface area contributed by atoms with Gasteiger partial charge in [-0.05, 0) is 64.0 Å². The van der Waals surface area contributed by atoms with Crippen LogP contribution >= 0.6 is 0 Å². The minimum atomic E-state index is 1.15. The van der Waals surface area contributed by atoms with Crippen LogP contribution in [0.3, 0.4) is 0 Å². The van der Waals surface area contributed by atoms with Crippen molar-refractivity contribution in [2.45, 2.75) is 0 Å². The van der Waals surface area contributed by atoms with E-state index in [2.05, 4.69) is 179 Å². The van der Waals surface area contributed by atoms with Crippen molar-refractivity contribution in [3.8, 4) is 33.6 Å². The first kappa shape index (κ1) is 24.7. The van der Waals surface area contributed by atoms with Gasteiger partial charge in [0.25, 0.3) is 0 Å². The Morgan fingerprint density at radius 1 is 0.295 bits per heavy atom. The number of rotatable bonds is 4. The topological polar surface area (TPSA) is 9.86 Å². The van der Waals surface area contributed by atoms with Crippen LogP contribution in [-0.4, -0.2) is 9.13 Å². The zero-order chi connectivity index (χ0) is 29.0. The first-order valence-electron chi connectivity index (χ1n) is 15.1. The van der Waals surface area contributed by atoms with Crippen LogP contribution in [0, 0.1) is 0 Å². The molecule has 9 aromatic rings. The van der Waals surface area contributed by atoms with E-state index >= 15 is 0 Å². The van der Waals surface area contributed by atoms with Crippen molar-refractivity contribution in [1.82, 2.24) is 9.13 Å². The van der Waals surface area contributed by atoms with E-state index in [0.29, 0.717) is 0 Å². The third kappa shape index (κ3) is 3.75. The Kier molecular flexibility index (Phi) is 5.54. The highest BCUT2D eigenvalue weighted by molar-refractivity contribution is 6.25. The SMILES string of the molecule is c1ccc(-c2ccc(-n3c4c5ccccc5ccc4c4c3c3cc(-c5ccccc5)ccc3n4-c3ccccc3)cc2)cc1. The fraction of sp³-hybridized carbons (Fsp3) is 0. The van der Waals surface area contributed by atoms with Crippen LogP contribution in [0.1, 0.15) is 0 Å². The van der Waals surface area contributed by atoms with Crippen molar-refractivity contribution in [1.29, 1.82) is 0 Å². The first-order valence-corrected chi connectivity index (χ1v) is 15.1. The first-order chi connectivity index (χ1) is 21.8. The average molecular weight is 561 g/mol. The quantitative estimate of drug-likeness (QED) is 0.203. The molecule has 0 unspecified atom stereocenters. The average Bonchev–Trinajstić information content (AvgIpc) is 3.62. The molecule has 0 aliphatic heterocycles. The number of aromatic nitrogens is 2. The van der Waals surface area contributed by atoms with Crippen molar-refractivity contribution < 1.29 is 0 Å². The van der Waals surface area contributed by atoms with E-state index < -0.39 is 0 Å². The van der Waals surface area contributed by atoms with Crippen LogP contribution in [0.5, 0.6) is 0 Å². The molecule has 0 aliphatic carbocycles. The molecule has 2 nitrogen and oxygen atoms in total. The van der Waals surface area contributed by atoms with Gasteiger partial charge in [0.05, 0.1) is 22.1 Å². The predicted octanol–water partition coefficient (Wildman–Crippen LogP) is 11.2. The molecule has 44 heavy (non-hydrogen) atoms. The van der Waals surface area contributed by atoms with Gasteiger partial charge in [-0.25, -0.2) is 0 Å². The summed E-state index contributed by atoms with van der Waals surface area (Å²) in [5.41, 5.74) is 12.1. The van der Waals surface area contributed by atoms with E-state index in [9.17, 15) is 0 Å². The summed E-state index contributed by atoms with van der Waals surface area (Å²) in [6, 6.07) is 61.4. The van der Waals surface area contributed by atoms with Gasteiger partial charge in [0, 0.05) is 27.5 Å². The molecule has 2 heteroatoms. The molecule has 2 aromatic heterocycles. The van der Waals surface area contributed by atoms with Crippen molar-refractivity contribution >= 4 is 43.6 Å². The predicted molar refractivity (Wildman–Crippen MR) is 186 cm³/mol. The van der Waals surface area contributed by atoms with Crippen molar-refractivity contribution in [2.24, 2.45) is 0 Å². The molecule has 2 heterocycles. The summed E-state index contributed by atoms with van der Waals surface area (Å²) in [6.07, 6.45) is 0. The van der Waals surface area contributed by atoms with Crippen LogP contribution in [0.25, 0.3) is 77.2 Å². The van der Waals surface area contributed by atoms with Crippen LogP contribution in [-0.2, 0) is 0 Å². The van der Waals surface area contributed by atoms with Gasteiger partial charge in [0.2, 0.25) is 0 Å². The number of hydrogen-bond acceptors (Lipinski definition) is 0. The Hall–Kier alpha value is -5.86. The van der Waals surface area contributed by atoms with Gasteiger partial charge in [0.1, 0.15) is 0 Å². The highest BCUT2D eigenvalue weighted by Gasteiger charge is 2.23. The zero-order valence-electron chi connectivity index (χ0n) is 24.1. The summed E-state index contributed by atoms with van der Waals surface area (Å²) in [6.45, 7) is 0. The molecule has 0 spiro atoms. The van der Waals surface area contributed by atoms with E-state index in [4.69, 9.17) is 0 Å². The number of hydrogen-bond donors (Lipinski definition) is 0. The molecule has 0 saturated heterocycles. The molecular formula is C42H28N2. The van der Waals surface area contributed by atoms with E-state index in [1.54, 1.807) is 0 Å². The molecule has 0 N–H and O–H groups in total. The number of nitrogens with zero attached hydrogens (tertiary/aromatic N) is 2. The summed E-state index contributed by atoms with van der Waals surface area (Å²) >= 11 is 0. The van der Waals surface area contributed by atoms with Gasteiger partial charge in [-0.3, -0.25) is 0 Å². The van der Waals surface area contributed by atoms with E-state index in [0.717, 1.165) is 11.4 Å². The van der Waals surface area contributed by atoms with E-state index in [1.165, 1.54) is 65.9 Å². The normalized spacial score (nSPS) is 11.6. The van der Waals surface area contributed by atoms with Gasteiger partial charge in [-0.2, -0.15) is 0 Å². The maximum atomic E-state index is 2.50. The highest BCUT2D eigenvalue weighted by atomic mass is 15.1.